The third-order valence-electron chi connectivity index (χ3n) is 6.61. The molecule has 0 aromatic heterocycles. The molecule has 0 aliphatic heterocycles. The van der Waals surface area contributed by atoms with Crippen molar-refractivity contribution < 1.29 is 0 Å². The second kappa shape index (κ2) is 6.64. The standard InChI is InChI=1S/C19H34/c1-15-6-4-7-16(12-15)8-5-9-17-13-18-10-2-3-11-19(18)14-17/h15-19H,2-14H2,1H3/t15-,16-,17?,18+,19?/m0/s1. The minimum Gasteiger partial charge on any atom is -0.0625 e. The zero-order chi connectivity index (χ0) is 13.1. The Balaban J connectivity index is 1.34. The normalized spacial score (nSPS) is 43.1. The summed E-state index contributed by atoms with van der Waals surface area (Å²) in [6.07, 6.45) is 20.2. The van der Waals surface area contributed by atoms with Gasteiger partial charge in [0, 0.05) is 0 Å². The van der Waals surface area contributed by atoms with Gasteiger partial charge in [-0.15, -0.1) is 0 Å². The van der Waals surface area contributed by atoms with Gasteiger partial charge in [-0.2, -0.15) is 0 Å². The highest BCUT2D eigenvalue weighted by atomic mass is 14.4. The maximum absolute atomic E-state index is 2.47. The van der Waals surface area contributed by atoms with E-state index in [1.165, 1.54) is 32.1 Å². The number of hydrogen-bond acceptors (Lipinski definition) is 0. The van der Waals surface area contributed by atoms with Crippen molar-refractivity contribution in [2.75, 3.05) is 0 Å². The summed E-state index contributed by atoms with van der Waals surface area (Å²) in [4.78, 5) is 0. The lowest BCUT2D eigenvalue weighted by Crippen LogP contribution is -2.13. The highest BCUT2D eigenvalue weighted by Gasteiger charge is 2.35. The highest BCUT2D eigenvalue weighted by Crippen LogP contribution is 2.46. The van der Waals surface area contributed by atoms with Gasteiger partial charge in [0.15, 0.2) is 0 Å². The maximum atomic E-state index is 2.47. The second-order valence-corrected chi connectivity index (χ2v) is 8.21. The average Bonchev–Trinajstić information content (AvgIpc) is 2.81. The minimum absolute atomic E-state index is 1.02. The molecule has 3 aliphatic rings. The van der Waals surface area contributed by atoms with E-state index in [0.717, 1.165) is 29.6 Å². The van der Waals surface area contributed by atoms with Gasteiger partial charge in [-0.1, -0.05) is 71.1 Å². The molecule has 0 aromatic rings. The Labute approximate surface area is 120 Å². The van der Waals surface area contributed by atoms with Gasteiger partial charge in [0.1, 0.15) is 0 Å². The Hall–Kier alpha value is 0. The van der Waals surface area contributed by atoms with Crippen LogP contribution in [0.15, 0.2) is 0 Å². The summed E-state index contributed by atoms with van der Waals surface area (Å²) in [7, 11) is 0. The minimum atomic E-state index is 1.02. The monoisotopic (exact) mass is 262 g/mol. The van der Waals surface area contributed by atoms with Crippen molar-refractivity contribution in [3.63, 3.8) is 0 Å². The molecule has 0 heterocycles. The summed E-state index contributed by atoms with van der Waals surface area (Å²) in [5.74, 6) is 5.52. The van der Waals surface area contributed by atoms with Gasteiger partial charge < -0.3 is 0 Å². The van der Waals surface area contributed by atoms with Crippen molar-refractivity contribution in [3.8, 4) is 0 Å². The molecule has 0 amide bonds. The van der Waals surface area contributed by atoms with Crippen molar-refractivity contribution >= 4 is 0 Å². The van der Waals surface area contributed by atoms with Gasteiger partial charge in [0.05, 0.1) is 0 Å². The molecule has 0 spiro atoms. The third kappa shape index (κ3) is 3.76. The van der Waals surface area contributed by atoms with Crippen LogP contribution in [0.3, 0.4) is 0 Å². The van der Waals surface area contributed by atoms with Crippen LogP contribution in [0.5, 0.6) is 0 Å². The molecule has 0 saturated heterocycles. The Morgan fingerprint density at radius 3 is 2.05 bits per heavy atom. The van der Waals surface area contributed by atoms with Gasteiger partial charge in [-0.05, 0) is 48.9 Å². The van der Waals surface area contributed by atoms with E-state index in [-0.39, 0.29) is 0 Å². The van der Waals surface area contributed by atoms with Crippen molar-refractivity contribution in [2.24, 2.45) is 29.6 Å². The molecule has 0 radical (unpaired) electrons. The summed E-state index contributed by atoms with van der Waals surface area (Å²) in [6.45, 7) is 2.47. The van der Waals surface area contributed by atoms with Crippen LogP contribution in [-0.4, -0.2) is 0 Å². The van der Waals surface area contributed by atoms with E-state index in [0.29, 0.717) is 0 Å². The van der Waals surface area contributed by atoms with Crippen LogP contribution >= 0.6 is 0 Å². The van der Waals surface area contributed by atoms with Crippen LogP contribution in [-0.2, 0) is 0 Å². The lowest BCUT2D eigenvalue weighted by Gasteiger charge is -2.27. The van der Waals surface area contributed by atoms with Crippen LogP contribution in [0.25, 0.3) is 0 Å². The van der Waals surface area contributed by atoms with E-state index in [1.807, 2.05) is 0 Å². The molecular weight excluding hydrogens is 228 g/mol. The summed E-state index contributed by atoms with van der Waals surface area (Å²) in [6, 6.07) is 0. The maximum Gasteiger partial charge on any atom is -0.0383 e. The molecule has 0 bridgehead atoms. The largest absolute Gasteiger partial charge is 0.0625 e. The molecule has 3 aliphatic carbocycles. The molecule has 3 rings (SSSR count). The van der Waals surface area contributed by atoms with Crippen LogP contribution in [0.2, 0.25) is 0 Å². The van der Waals surface area contributed by atoms with Crippen molar-refractivity contribution in [2.45, 2.75) is 90.4 Å². The van der Waals surface area contributed by atoms with Gasteiger partial charge in [0.2, 0.25) is 0 Å². The lowest BCUT2D eigenvalue weighted by molar-refractivity contribution is 0.259. The summed E-state index contributed by atoms with van der Waals surface area (Å²) < 4.78 is 0. The Morgan fingerprint density at radius 1 is 0.684 bits per heavy atom. The fraction of sp³-hybridized carbons (Fsp3) is 1.00. The van der Waals surface area contributed by atoms with Crippen molar-refractivity contribution in [1.29, 1.82) is 0 Å². The smallest absolute Gasteiger partial charge is 0.0383 e. The highest BCUT2D eigenvalue weighted by molar-refractivity contribution is 4.86. The third-order valence-corrected chi connectivity index (χ3v) is 6.61. The molecule has 19 heavy (non-hydrogen) atoms. The van der Waals surface area contributed by atoms with E-state index in [9.17, 15) is 0 Å². The van der Waals surface area contributed by atoms with Crippen molar-refractivity contribution in [1.82, 2.24) is 0 Å². The molecule has 0 N–H and O–H groups in total. The first-order valence-corrected chi connectivity index (χ1v) is 9.31. The first-order chi connectivity index (χ1) is 9.31. The van der Waals surface area contributed by atoms with Gasteiger partial charge in [-0.25, -0.2) is 0 Å². The predicted octanol–water partition coefficient (Wildman–Crippen LogP) is 6.20. The Bertz CT molecular complexity index is 255. The van der Waals surface area contributed by atoms with Gasteiger partial charge >= 0.3 is 0 Å². The molecule has 3 fully saturated rings. The Morgan fingerprint density at radius 2 is 1.37 bits per heavy atom. The lowest BCUT2D eigenvalue weighted by atomic mass is 9.79. The van der Waals surface area contributed by atoms with Gasteiger partial charge in [0.25, 0.3) is 0 Å². The first kappa shape index (κ1) is 14.0. The van der Waals surface area contributed by atoms with Crippen LogP contribution in [0.4, 0.5) is 0 Å². The molecule has 110 valence electrons. The molecule has 2 unspecified atom stereocenters. The number of rotatable bonds is 4. The van der Waals surface area contributed by atoms with Gasteiger partial charge in [-0.3, -0.25) is 0 Å². The molecule has 3 saturated carbocycles. The summed E-state index contributed by atoms with van der Waals surface area (Å²) in [5.41, 5.74) is 0. The van der Waals surface area contributed by atoms with E-state index in [2.05, 4.69) is 6.92 Å². The molecule has 0 aromatic carbocycles. The summed E-state index contributed by atoms with van der Waals surface area (Å²) in [5, 5.41) is 0. The van der Waals surface area contributed by atoms with Crippen LogP contribution in [0.1, 0.15) is 90.4 Å². The fourth-order valence-corrected chi connectivity index (χ4v) is 5.61. The van der Waals surface area contributed by atoms with E-state index in [1.54, 1.807) is 51.4 Å². The first-order valence-electron chi connectivity index (χ1n) is 9.31. The Kier molecular flexibility index (Phi) is 4.87. The number of hydrogen-bond donors (Lipinski definition) is 0. The zero-order valence-electron chi connectivity index (χ0n) is 13.1. The molecular formula is C19H34. The van der Waals surface area contributed by atoms with Crippen LogP contribution < -0.4 is 0 Å². The van der Waals surface area contributed by atoms with E-state index >= 15 is 0 Å². The average molecular weight is 262 g/mol. The quantitative estimate of drug-likeness (QED) is 0.566. The molecule has 0 heteroatoms. The topological polar surface area (TPSA) is 0 Å². The summed E-state index contributed by atoms with van der Waals surface area (Å²) >= 11 is 0. The van der Waals surface area contributed by atoms with Crippen molar-refractivity contribution in [3.05, 3.63) is 0 Å². The van der Waals surface area contributed by atoms with Crippen LogP contribution in [0, 0.1) is 29.6 Å². The SMILES string of the molecule is C[C@H]1CCC[C@@H](CCCC2CC3CCCC[C@@H]3C2)C1. The second-order valence-electron chi connectivity index (χ2n) is 8.21. The van der Waals surface area contributed by atoms with E-state index in [4.69, 9.17) is 0 Å². The fourth-order valence-electron chi connectivity index (χ4n) is 5.61. The molecule has 0 nitrogen and oxygen atoms in total. The van der Waals surface area contributed by atoms with E-state index < -0.39 is 0 Å². The number of fused-ring (bicyclic) bond motifs is 1. The predicted molar refractivity (Wildman–Crippen MR) is 83.1 cm³/mol. The molecule has 5 atom stereocenters. The zero-order valence-corrected chi connectivity index (χ0v) is 13.1.